The first-order valence-corrected chi connectivity index (χ1v) is 5.69. The van der Waals surface area contributed by atoms with Crippen molar-refractivity contribution >= 4 is 5.69 Å². The SMILES string of the molecule is CC(C)CC(O)C1Cc2ccccc2N1. The Morgan fingerprint density at radius 2 is 2.13 bits per heavy atom. The molecule has 1 aromatic carbocycles. The van der Waals surface area contributed by atoms with Gasteiger partial charge in [-0.1, -0.05) is 32.0 Å². The molecule has 0 radical (unpaired) electrons. The summed E-state index contributed by atoms with van der Waals surface area (Å²) in [5.41, 5.74) is 2.51. The Morgan fingerprint density at radius 3 is 2.80 bits per heavy atom. The smallest absolute Gasteiger partial charge is 0.0746 e. The van der Waals surface area contributed by atoms with Crippen LogP contribution in [0.25, 0.3) is 0 Å². The van der Waals surface area contributed by atoms with Gasteiger partial charge in [-0.3, -0.25) is 0 Å². The minimum absolute atomic E-state index is 0.199. The maximum absolute atomic E-state index is 10.0. The van der Waals surface area contributed by atoms with Gasteiger partial charge in [-0.05, 0) is 30.4 Å². The third kappa shape index (κ3) is 2.32. The van der Waals surface area contributed by atoms with E-state index in [2.05, 4.69) is 37.4 Å². The highest BCUT2D eigenvalue weighted by Crippen LogP contribution is 2.27. The first-order valence-electron chi connectivity index (χ1n) is 5.69. The molecule has 15 heavy (non-hydrogen) atoms. The molecule has 2 rings (SSSR count). The molecule has 0 aromatic heterocycles. The van der Waals surface area contributed by atoms with Crippen molar-refractivity contribution in [1.82, 2.24) is 0 Å². The van der Waals surface area contributed by atoms with E-state index >= 15 is 0 Å². The number of fused-ring (bicyclic) bond motifs is 1. The van der Waals surface area contributed by atoms with Crippen molar-refractivity contribution < 1.29 is 5.11 Å². The van der Waals surface area contributed by atoms with E-state index in [0.29, 0.717) is 5.92 Å². The van der Waals surface area contributed by atoms with Crippen molar-refractivity contribution in [2.75, 3.05) is 5.32 Å². The van der Waals surface area contributed by atoms with Crippen LogP contribution in [0.3, 0.4) is 0 Å². The van der Waals surface area contributed by atoms with Crippen molar-refractivity contribution in [3.8, 4) is 0 Å². The number of aliphatic hydroxyl groups excluding tert-OH is 1. The van der Waals surface area contributed by atoms with Gasteiger partial charge in [0, 0.05) is 5.69 Å². The molecule has 1 aliphatic rings. The number of anilines is 1. The first-order chi connectivity index (χ1) is 7.16. The molecular formula is C13H19NO. The van der Waals surface area contributed by atoms with Crippen molar-refractivity contribution in [1.29, 1.82) is 0 Å². The molecule has 2 N–H and O–H groups in total. The number of para-hydroxylation sites is 1. The lowest BCUT2D eigenvalue weighted by Crippen LogP contribution is -2.32. The highest BCUT2D eigenvalue weighted by atomic mass is 16.3. The maximum atomic E-state index is 10.0. The van der Waals surface area contributed by atoms with E-state index in [1.807, 2.05) is 6.07 Å². The fourth-order valence-electron chi connectivity index (χ4n) is 2.21. The average Bonchev–Trinajstić information content (AvgIpc) is 2.59. The van der Waals surface area contributed by atoms with E-state index in [9.17, 15) is 5.11 Å². The van der Waals surface area contributed by atoms with Crippen LogP contribution in [-0.4, -0.2) is 17.3 Å². The van der Waals surface area contributed by atoms with Crippen LogP contribution >= 0.6 is 0 Å². The Bertz CT molecular complexity index is 310. The van der Waals surface area contributed by atoms with Gasteiger partial charge in [0.1, 0.15) is 0 Å². The molecule has 2 nitrogen and oxygen atoms in total. The van der Waals surface area contributed by atoms with E-state index < -0.39 is 0 Å². The summed E-state index contributed by atoms with van der Waals surface area (Å²) < 4.78 is 0. The lowest BCUT2D eigenvalue weighted by molar-refractivity contribution is 0.130. The van der Waals surface area contributed by atoms with Crippen LogP contribution in [0.4, 0.5) is 5.69 Å². The third-order valence-electron chi connectivity index (χ3n) is 2.98. The number of rotatable bonds is 3. The summed E-state index contributed by atoms with van der Waals surface area (Å²) in [6, 6.07) is 8.49. The van der Waals surface area contributed by atoms with Crippen molar-refractivity contribution in [3.63, 3.8) is 0 Å². The Labute approximate surface area is 91.3 Å². The topological polar surface area (TPSA) is 32.3 Å². The molecule has 0 fully saturated rings. The zero-order valence-corrected chi connectivity index (χ0v) is 9.40. The Hall–Kier alpha value is -1.02. The van der Waals surface area contributed by atoms with Gasteiger partial charge in [-0.25, -0.2) is 0 Å². The van der Waals surface area contributed by atoms with Crippen LogP contribution in [0.5, 0.6) is 0 Å². The Morgan fingerprint density at radius 1 is 1.40 bits per heavy atom. The van der Waals surface area contributed by atoms with Gasteiger partial charge in [0.2, 0.25) is 0 Å². The number of benzene rings is 1. The molecule has 0 spiro atoms. The van der Waals surface area contributed by atoms with Crippen LogP contribution in [0, 0.1) is 5.92 Å². The van der Waals surface area contributed by atoms with Crippen LogP contribution in [0.15, 0.2) is 24.3 Å². The lowest BCUT2D eigenvalue weighted by atomic mass is 9.98. The van der Waals surface area contributed by atoms with E-state index in [1.165, 1.54) is 11.3 Å². The molecule has 0 aliphatic carbocycles. The van der Waals surface area contributed by atoms with Gasteiger partial charge in [0.15, 0.2) is 0 Å². The minimum atomic E-state index is -0.239. The standard InChI is InChI=1S/C13H19NO/c1-9(2)7-13(15)12-8-10-5-3-4-6-11(10)14-12/h3-6,9,12-15H,7-8H2,1-2H3. The van der Waals surface area contributed by atoms with Gasteiger partial charge in [0.05, 0.1) is 12.1 Å². The third-order valence-corrected chi connectivity index (χ3v) is 2.98. The van der Waals surface area contributed by atoms with Crippen molar-refractivity contribution in [2.45, 2.75) is 38.8 Å². The Balaban J connectivity index is 2.00. The number of nitrogens with one attached hydrogen (secondary N) is 1. The molecule has 2 atom stereocenters. The van der Waals surface area contributed by atoms with Gasteiger partial charge in [-0.15, -0.1) is 0 Å². The molecule has 82 valence electrons. The minimum Gasteiger partial charge on any atom is -0.391 e. The second-order valence-electron chi connectivity index (χ2n) is 4.81. The molecule has 1 heterocycles. The van der Waals surface area contributed by atoms with Crippen LogP contribution in [-0.2, 0) is 6.42 Å². The Kier molecular flexibility index (Phi) is 2.96. The molecule has 0 bridgehead atoms. The molecule has 2 unspecified atom stereocenters. The summed E-state index contributed by atoms with van der Waals surface area (Å²) in [4.78, 5) is 0. The maximum Gasteiger partial charge on any atom is 0.0746 e. The molecule has 2 heteroatoms. The van der Waals surface area contributed by atoms with Crippen molar-refractivity contribution in [3.05, 3.63) is 29.8 Å². The fourth-order valence-corrected chi connectivity index (χ4v) is 2.21. The summed E-state index contributed by atoms with van der Waals surface area (Å²) >= 11 is 0. The number of hydrogen-bond donors (Lipinski definition) is 2. The van der Waals surface area contributed by atoms with E-state index in [1.54, 1.807) is 0 Å². The summed E-state index contributed by atoms with van der Waals surface area (Å²) in [6.07, 6.45) is 1.58. The zero-order chi connectivity index (χ0) is 10.8. The van der Waals surface area contributed by atoms with E-state index in [0.717, 1.165) is 12.8 Å². The normalized spacial score (nSPS) is 21.2. The van der Waals surface area contributed by atoms with Crippen LogP contribution in [0.1, 0.15) is 25.8 Å². The summed E-state index contributed by atoms with van der Waals surface area (Å²) in [7, 11) is 0. The molecule has 1 aliphatic heterocycles. The quantitative estimate of drug-likeness (QED) is 0.794. The molecule has 0 saturated carbocycles. The number of hydrogen-bond acceptors (Lipinski definition) is 2. The highest BCUT2D eigenvalue weighted by molar-refractivity contribution is 5.56. The monoisotopic (exact) mass is 205 g/mol. The summed E-state index contributed by atoms with van der Waals surface area (Å²) in [6.45, 7) is 4.29. The van der Waals surface area contributed by atoms with E-state index in [4.69, 9.17) is 0 Å². The van der Waals surface area contributed by atoms with Crippen LogP contribution < -0.4 is 5.32 Å². The molecule has 1 aromatic rings. The average molecular weight is 205 g/mol. The molecular weight excluding hydrogens is 186 g/mol. The summed E-state index contributed by atoms with van der Waals surface area (Å²) in [5.74, 6) is 0.547. The van der Waals surface area contributed by atoms with Gasteiger partial charge < -0.3 is 10.4 Å². The van der Waals surface area contributed by atoms with Gasteiger partial charge in [-0.2, -0.15) is 0 Å². The van der Waals surface area contributed by atoms with E-state index in [-0.39, 0.29) is 12.1 Å². The largest absolute Gasteiger partial charge is 0.391 e. The second-order valence-corrected chi connectivity index (χ2v) is 4.81. The van der Waals surface area contributed by atoms with Gasteiger partial charge >= 0.3 is 0 Å². The summed E-state index contributed by atoms with van der Waals surface area (Å²) in [5, 5.41) is 13.4. The van der Waals surface area contributed by atoms with Crippen LogP contribution in [0.2, 0.25) is 0 Å². The number of aliphatic hydroxyl groups is 1. The highest BCUT2D eigenvalue weighted by Gasteiger charge is 2.26. The first kappa shape index (κ1) is 10.5. The van der Waals surface area contributed by atoms with Crippen molar-refractivity contribution in [2.24, 2.45) is 5.92 Å². The predicted molar refractivity (Wildman–Crippen MR) is 63.0 cm³/mol. The molecule has 0 amide bonds. The predicted octanol–water partition coefficient (Wildman–Crippen LogP) is 2.43. The zero-order valence-electron chi connectivity index (χ0n) is 9.40. The fraction of sp³-hybridized carbons (Fsp3) is 0.538. The lowest BCUT2D eigenvalue weighted by Gasteiger charge is -2.20. The second kappa shape index (κ2) is 4.23. The molecule has 0 saturated heterocycles. The van der Waals surface area contributed by atoms with Gasteiger partial charge in [0.25, 0.3) is 0 Å².